The standard InChI is InChI=1S/C23H19Cl2F2NO7S/c1-32-6-7-33-20-8-13(2-4-18(20)35-23(26)27)19(9-15-16(24)10-28(31)11-17(15)25)34-22(30)21-5-3-14(12-29)36-21/h2-5,8,10-12,19,23H,6-7,9H2,1H3. The summed E-state index contributed by atoms with van der Waals surface area (Å²) in [5, 5.41) is 11.7. The van der Waals surface area contributed by atoms with Crippen LogP contribution in [0.1, 0.15) is 36.6 Å². The van der Waals surface area contributed by atoms with Crippen LogP contribution in [0.3, 0.4) is 0 Å². The van der Waals surface area contributed by atoms with Crippen molar-refractivity contribution in [2.45, 2.75) is 19.1 Å². The molecule has 3 rings (SSSR count). The predicted octanol–water partition coefficient (Wildman–Crippen LogP) is 5.27. The molecule has 0 aliphatic carbocycles. The Morgan fingerprint density at radius 3 is 2.47 bits per heavy atom. The highest BCUT2D eigenvalue weighted by molar-refractivity contribution is 7.15. The Morgan fingerprint density at radius 2 is 1.86 bits per heavy atom. The fourth-order valence-electron chi connectivity index (χ4n) is 3.12. The minimum absolute atomic E-state index is 0.0343. The number of hydrogen-bond acceptors (Lipinski definition) is 8. The minimum atomic E-state index is -3.10. The number of rotatable bonds is 12. The first-order chi connectivity index (χ1) is 17.2. The molecular formula is C23H19Cl2F2NO7S. The first-order valence-electron chi connectivity index (χ1n) is 10.2. The van der Waals surface area contributed by atoms with Gasteiger partial charge in [-0.1, -0.05) is 29.3 Å². The summed E-state index contributed by atoms with van der Waals surface area (Å²) < 4.78 is 46.9. The maximum absolute atomic E-state index is 12.9. The Labute approximate surface area is 218 Å². The highest BCUT2D eigenvalue weighted by Crippen LogP contribution is 2.36. The van der Waals surface area contributed by atoms with Crippen LogP contribution in [-0.2, 0) is 15.9 Å². The molecule has 192 valence electrons. The van der Waals surface area contributed by atoms with E-state index in [-0.39, 0.29) is 46.1 Å². The molecule has 0 aliphatic heterocycles. The first kappa shape index (κ1) is 27.6. The van der Waals surface area contributed by atoms with Crippen LogP contribution in [0.2, 0.25) is 10.0 Å². The number of ether oxygens (including phenoxy) is 4. The Kier molecular flexibility index (Phi) is 9.82. The summed E-state index contributed by atoms with van der Waals surface area (Å²) in [6.07, 6.45) is 1.68. The molecule has 8 nitrogen and oxygen atoms in total. The van der Waals surface area contributed by atoms with Crippen molar-refractivity contribution in [3.8, 4) is 11.5 Å². The number of nitrogens with zero attached hydrogens (tertiary/aromatic N) is 1. The van der Waals surface area contributed by atoms with Crippen molar-refractivity contribution >= 4 is 46.8 Å². The molecule has 1 aromatic carbocycles. The molecule has 36 heavy (non-hydrogen) atoms. The van der Waals surface area contributed by atoms with Crippen molar-refractivity contribution in [3.05, 3.63) is 78.9 Å². The van der Waals surface area contributed by atoms with Gasteiger partial charge in [0.25, 0.3) is 0 Å². The lowest BCUT2D eigenvalue weighted by atomic mass is 10.0. The number of esters is 1. The molecule has 0 aliphatic rings. The predicted molar refractivity (Wildman–Crippen MR) is 127 cm³/mol. The lowest BCUT2D eigenvalue weighted by Gasteiger charge is -2.21. The van der Waals surface area contributed by atoms with Gasteiger partial charge in [0.05, 0.1) is 11.5 Å². The summed E-state index contributed by atoms with van der Waals surface area (Å²) in [5.41, 5.74) is 0.660. The number of aromatic nitrogens is 1. The Bertz CT molecular complexity index is 1200. The maximum Gasteiger partial charge on any atom is 0.387 e. The summed E-state index contributed by atoms with van der Waals surface area (Å²) >= 11 is 13.4. The second kappa shape index (κ2) is 12.8. The highest BCUT2D eigenvalue weighted by Gasteiger charge is 2.25. The fourth-order valence-corrected chi connectivity index (χ4v) is 4.42. The number of pyridine rings is 1. The average molecular weight is 562 g/mol. The van der Waals surface area contributed by atoms with Crippen molar-refractivity contribution in [3.63, 3.8) is 0 Å². The summed E-state index contributed by atoms with van der Waals surface area (Å²) in [4.78, 5) is 24.4. The summed E-state index contributed by atoms with van der Waals surface area (Å²) in [6.45, 7) is -2.88. The molecule has 0 radical (unpaired) electrons. The molecule has 0 amide bonds. The van der Waals surface area contributed by atoms with Crippen LogP contribution >= 0.6 is 34.5 Å². The maximum atomic E-state index is 12.9. The van der Waals surface area contributed by atoms with Gasteiger partial charge in [-0.3, -0.25) is 4.79 Å². The van der Waals surface area contributed by atoms with Crippen molar-refractivity contribution in [1.29, 1.82) is 0 Å². The van der Waals surface area contributed by atoms with E-state index < -0.39 is 18.7 Å². The van der Waals surface area contributed by atoms with E-state index in [1.807, 2.05) is 0 Å². The van der Waals surface area contributed by atoms with E-state index in [4.69, 9.17) is 37.4 Å². The van der Waals surface area contributed by atoms with Gasteiger partial charge in [-0.25, -0.2) is 4.79 Å². The van der Waals surface area contributed by atoms with E-state index in [0.29, 0.717) is 27.0 Å². The molecule has 0 saturated carbocycles. The van der Waals surface area contributed by atoms with Crippen LogP contribution in [0.5, 0.6) is 11.5 Å². The smallest absolute Gasteiger partial charge is 0.387 e. The van der Waals surface area contributed by atoms with Gasteiger partial charge < -0.3 is 24.2 Å². The number of alkyl halides is 2. The third-order valence-corrected chi connectivity index (χ3v) is 6.38. The lowest BCUT2D eigenvalue weighted by molar-refractivity contribution is -0.605. The van der Waals surface area contributed by atoms with E-state index in [1.54, 1.807) is 0 Å². The number of methoxy groups -OCH3 is 1. The zero-order valence-corrected chi connectivity index (χ0v) is 20.9. The van der Waals surface area contributed by atoms with Crippen LogP contribution in [0.15, 0.2) is 42.7 Å². The second-order valence-electron chi connectivity index (χ2n) is 7.14. The van der Waals surface area contributed by atoms with Gasteiger partial charge >= 0.3 is 12.6 Å². The van der Waals surface area contributed by atoms with Crippen molar-refractivity contribution in [2.24, 2.45) is 0 Å². The number of carbonyl (C=O) groups is 2. The monoisotopic (exact) mass is 561 g/mol. The second-order valence-corrected chi connectivity index (χ2v) is 9.07. The van der Waals surface area contributed by atoms with Crippen molar-refractivity contribution in [2.75, 3.05) is 20.3 Å². The molecule has 0 N–H and O–H groups in total. The van der Waals surface area contributed by atoms with Gasteiger partial charge in [0.2, 0.25) is 0 Å². The Balaban J connectivity index is 2.00. The normalized spacial score (nSPS) is 11.8. The third kappa shape index (κ3) is 7.26. The number of hydrogen-bond donors (Lipinski definition) is 0. The zero-order valence-electron chi connectivity index (χ0n) is 18.6. The van der Waals surface area contributed by atoms with E-state index in [0.717, 1.165) is 23.7 Å². The van der Waals surface area contributed by atoms with Crippen LogP contribution in [-0.4, -0.2) is 39.2 Å². The SMILES string of the molecule is COCCOc1cc(C(Cc2c(Cl)c[n+]([O-])cc2Cl)OC(=O)c2ccc(C=O)s2)ccc1OC(F)F. The fraction of sp³-hybridized carbons (Fsp3) is 0.261. The first-order valence-corrected chi connectivity index (χ1v) is 11.8. The van der Waals surface area contributed by atoms with Crippen molar-refractivity contribution < 1.29 is 42.0 Å². The van der Waals surface area contributed by atoms with E-state index >= 15 is 0 Å². The Morgan fingerprint density at radius 1 is 1.14 bits per heavy atom. The molecule has 1 atom stereocenters. The molecular weight excluding hydrogens is 543 g/mol. The van der Waals surface area contributed by atoms with Gasteiger partial charge in [0, 0.05) is 19.1 Å². The van der Waals surface area contributed by atoms with E-state index in [1.165, 1.54) is 37.4 Å². The summed E-state index contributed by atoms with van der Waals surface area (Å²) in [5.74, 6) is -1.00. The molecule has 2 heterocycles. The number of halogens is 4. The van der Waals surface area contributed by atoms with Gasteiger partial charge in [-0.2, -0.15) is 13.5 Å². The number of carbonyl (C=O) groups excluding carboxylic acids is 2. The quantitative estimate of drug-likeness (QED) is 0.0976. The molecule has 0 spiro atoms. The van der Waals surface area contributed by atoms with Crippen LogP contribution in [0, 0.1) is 5.21 Å². The number of thiophene rings is 1. The van der Waals surface area contributed by atoms with Crippen LogP contribution < -0.4 is 14.2 Å². The highest BCUT2D eigenvalue weighted by atomic mass is 35.5. The van der Waals surface area contributed by atoms with Crippen LogP contribution in [0.25, 0.3) is 0 Å². The van der Waals surface area contributed by atoms with E-state index in [2.05, 4.69) is 4.74 Å². The van der Waals surface area contributed by atoms with Crippen LogP contribution in [0.4, 0.5) is 8.78 Å². The van der Waals surface area contributed by atoms with E-state index in [9.17, 15) is 23.6 Å². The molecule has 3 aromatic rings. The largest absolute Gasteiger partial charge is 0.619 e. The lowest BCUT2D eigenvalue weighted by Crippen LogP contribution is -2.25. The molecule has 0 bridgehead atoms. The minimum Gasteiger partial charge on any atom is -0.619 e. The number of benzene rings is 1. The van der Waals surface area contributed by atoms with Gasteiger partial charge in [0.1, 0.15) is 27.6 Å². The van der Waals surface area contributed by atoms with Gasteiger partial charge in [-0.05, 0) is 29.8 Å². The Hall–Kier alpha value is -2.99. The average Bonchev–Trinajstić information content (AvgIpc) is 3.31. The third-order valence-electron chi connectivity index (χ3n) is 4.74. The zero-order chi connectivity index (χ0) is 26.2. The van der Waals surface area contributed by atoms with Gasteiger partial charge in [-0.15, -0.1) is 11.3 Å². The molecule has 1 unspecified atom stereocenters. The molecule has 0 saturated heterocycles. The molecule has 0 fully saturated rings. The molecule has 13 heteroatoms. The molecule has 2 aromatic heterocycles. The topological polar surface area (TPSA) is 98.0 Å². The van der Waals surface area contributed by atoms with Crippen molar-refractivity contribution in [1.82, 2.24) is 0 Å². The van der Waals surface area contributed by atoms with Gasteiger partial charge in [0.15, 0.2) is 30.2 Å². The summed E-state index contributed by atoms with van der Waals surface area (Å²) in [7, 11) is 1.45. The summed E-state index contributed by atoms with van der Waals surface area (Å²) in [6, 6.07) is 6.96. The number of aldehydes is 1.